The quantitative estimate of drug-likeness (QED) is 0.165. The first-order valence-corrected chi connectivity index (χ1v) is 23.9. The Morgan fingerprint density at radius 1 is 0.397 bits per heavy atom. The Kier molecular flexibility index (Phi) is 8.71. The zero-order valence-corrected chi connectivity index (χ0v) is 39.6. The maximum Gasteiger partial charge on any atom is 0.252 e. The molecule has 2 aliphatic heterocycles. The van der Waals surface area contributed by atoms with Crippen LogP contribution in [0.4, 0.5) is 34.1 Å². The van der Waals surface area contributed by atoms with E-state index in [0.29, 0.717) is 0 Å². The molecule has 0 aliphatic carbocycles. The summed E-state index contributed by atoms with van der Waals surface area (Å²) >= 11 is 0. The first-order chi connectivity index (χ1) is 32.9. The van der Waals surface area contributed by atoms with Gasteiger partial charge in [-0.25, -0.2) is 0 Å². The van der Waals surface area contributed by atoms with Crippen LogP contribution in [-0.4, -0.2) is 6.71 Å². The Labute approximate surface area is 398 Å². The number of anilines is 6. The second-order valence-corrected chi connectivity index (χ2v) is 21.1. The smallest absolute Gasteiger partial charge is 0.252 e. The maximum absolute atomic E-state index is 6.51. The van der Waals surface area contributed by atoms with Crippen LogP contribution in [0.25, 0.3) is 66.1 Å². The summed E-state index contributed by atoms with van der Waals surface area (Å²) in [6, 6.07) is 67.2. The zero-order chi connectivity index (χ0) is 46.2. The van der Waals surface area contributed by atoms with Gasteiger partial charge in [-0.3, -0.25) is 0 Å². The fourth-order valence-corrected chi connectivity index (χ4v) is 11.1. The van der Waals surface area contributed by atoms with E-state index in [1.54, 1.807) is 0 Å². The standard InChI is InChI=1S/C63H51BN2O2/c1-38-33-55-60-56(34-38)66(45-28-21-40(22-29-45)46-15-12-16-50-48-14-9-11-18-58(48)68-61(46)50)54-32-25-43(63(5,6)7)37-52(54)64(60)51-36-42(62(2,3)4)24-31-53(51)65(55)44-26-19-39(20-27-44)41-23-30-49-47-13-8-10-17-57(47)67-59(49)35-41/h8-37H,1-7H3. The topological polar surface area (TPSA) is 32.8 Å². The summed E-state index contributed by atoms with van der Waals surface area (Å²) in [7, 11) is 0. The van der Waals surface area contributed by atoms with Crippen molar-refractivity contribution in [1.82, 2.24) is 0 Å². The van der Waals surface area contributed by atoms with Crippen molar-refractivity contribution in [1.29, 1.82) is 0 Å². The van der Waals surface area contributed by atoms with Gasteiger partial charge in [-0.05, 0) is 140 Å². The highest BCUT2D eigenvalue weighted by Crippen LogP contribution is 2.47. The lowest BCUT2D eigenvalue weighted by Gasteiger charge is -2.45. The van der Waals surface area contributed by atoms with E-state index in [2.05, 4.69) is 222 Å². The van der Waals surface area contributed by atoms with Gasteiger partial charge in [-0.2, -0.15) is 0 Å². The number of nitrogens with zero attached hydrogens (tertiary/aromatic N) is 2. The summed E-state index contributed by atoms with van der Waals surface area (Å²) in [5.41, 5.74) is 23.0. The van der Waals surface area contributed by atoms with E-state index in [0.717, 1.165) is 77.5 Å². The van der Waals surface area contributed by atoms with Crippen LogP contribution in [0.1, 0.15) is 58.2 Å². The van der Waals surface area contributed by atoms with Crippen molar-refractivity contribution in [2.75, 3.05) is 9.80 Å². The van der Waals surface area contributed by atoms with Crippen molar-refractivity contribution in [3.63, 3.8) is 0 Å². The molecule has 328 valence electrons. The van der Waals surface area contributed by atoms with Crippen LogP contribution in [0.5, 0.6) is 0 Å². The van der Waals surface area contributed by atoms with Crippen molar-refractivity contribution in [3.8, 4) is 22.3 Å². The Balaban J connectivity index is 0.990. The molecule has 5 heteroatoms. The van der Waals surface area contributed by atoms with Crippen molar-refractivity contribution in [2.24, 2.45) is 0 Å². The third-order valence-electron chi connectivity index (χ3n) is 14.6. The molecule has 0 N–H and O–H groups in total. The number of aryl methyl sites for hydroxylation is 1. The molecule has 2 aliphatic rings. The molecule has 4 nitrogen and oxygen atoms in total. The SMILES string of the molecule is Cc1cc2c3c(c1)N(c1ccc(-c4cccc5c4oc4ccccc45)cc1)c1ccc(C(C)(C)C)cc1B3c1cc(C(C)(C)C)ccc1N2c1ccc(-c2ccc3c(c2)oc2ccccc23)cc1. The van der Waals surface area contributed by atoms with Gasteiger partial charge in [0.1, 0.15) is 22.3 Å². The molecule has 0 saturated carbocycles. The van der Waals surface area contributed by atoms with E-state index in [1.165, 1.54) is 55.8 Å². The molecule has 0 radical (unpaired) electrons. The van der Waals surface area contributed by atoms with E-state index in [1.807, 2.05) is 18.2 Å². The van der Waals surface area contributed by atoms with Gasteiger partial charge in [0, 0.05) is 61.2 Å². The summed E-state index contributed by atoms with van der Waals surface area (Å²) in [6.45, 7) is 16.2. The molecule has 0 atom stereocenters. The van der Waals surface area contributed by atoms with Gasteiger partial charge in [0.15, 0.2) is 0 Å². The van der Waals surface area contributed by atoms with Crippen molar-refractivity contribution >= 4 is 101 Å². The van der Waals surface area contributed by atoms with Crippen molar-refractivity contribution < 1.29 is 8.83 Å². The van der Waals surface area contributed by atoms with Crippen LogP contribution in [0, 0.1) is 6.92 Å². The monoisotopic (exact) mass is 878 g/mol. The van der Waals surface area contributed by atoms with Gasteiger partial charge in [0.25, 0.3) is 6.71 Å². The minimum Gasteiger partial charge on any atom is -0.456 e. The van der Waals surface area contributed by atoms with Crippen molar-refractivity contribution in [3.05, 3.63) is 199 Å². The average Bonchev–Trinajstić information content (AvgIpc) is 3.91. The molecule has 11 aromatic rings. The first-order valence-electron chi connectivity index (χ1n) is 23.9. The second kappa shape index (κ2) is 14.6. The van der Waals surface area contributed by atoms with E-state index in [9.17, 15) is 0 Å². The fraction of sp³-hybridized carbons (Fsp3) is 0.143. The molecule has 68 heavy (non-hydrogen) atoms. The van der Waals surface area contributed by atoms with Gasteiger partial charge in [-0.15, -0.1) is 0 Å². The Hall–Kier alpha value is -7.76. The highest BCUT2D eigenvalue weighted by molar-refractivity contribution is 7.00. The molecular weight excluding hydrogens is 828 g/mol. The average molecular weight is 879 g/mol. The summed E-state index contributed by atoms with van der Waals surface area (Å²) < 4.78 is 12.8. The van der Waals surface area contributed by atoms with Gasteiger partial charge < -0.3 is 18.6 Å². The molecule has 13 rings (SSSR count). The number of rotatable bonds is 4. The molecule has 0 bridgehead atoms. The second-order valence-electron chi connectivity index (χ2n) is 21.1. The van der Waals surface area contributed by atoms with E-state index in [4.69, 9.17) is 8.83 Å². The van der Waals surface area contributed by atoms with Gasteiger partial charge in [-0.1, -0.05) is 151 Å². The molecule has 2 aromatic heterocycles. The molecule has 0 unspecified atom stereocenters. The lowest BCUT2D eigenvalue weighted by Crippen LogP contribution is -2.61. The molecule has 9 aromatic carbocycles. The third kappa shape index (κ3) is 6.22. The normalized spacial score (nSPS) is 13.4. The van der Waals surface area contributed by atoms with E-state index >= 15 is 0 Å². The van der Waals surface area contributed by atoms with Crippen LogP contribution in [0.3, 0.4) is 0 Å². The number of furan rings is 2. The summed E-state index contributed by atoms with van der Waals surface area (Å²) in [4.78, 5) is 5.04. The molecule has 0 amide bonds. The van der Waals surface area contributed by atoms with E-state index < -0.39 is 0 Å². The fourth-order valence-electron chi connectivity index (χ4n) is 11.1. The third-order valence-corrected chi connectivity index (χ3v) is 14.6. The minimum absolute atomic E-state index is 0.0162. The van der Waals surface area contributed by atoms with Crippen molar-refractivity contribution in [2.45, 2.75) is 59.3 Å². The van der Waals surface area contributed by atoms with Gasteiger partial charge in [0.05, 0.1) is 0 Å². The molecule has 4 heterocycles. The summed E-state index contributed by atoms with van der Waals surface area (Å²) in [5.74, 6) is 0. The number of hydrogen-bond donors (Lipinski definition) is 0. The van der Waals surface area contributed by atoms with E-state index in [-0.39, 0.29) is 17.5 Å². The number of para-hydroxylation sites is 3. The Morgan fingerprint density at radius 3 is 1.49 bits per heavy atom. The van der Waals surface area contributed by atoms with Crippen LogP contribution >= 0.6 is 0 Å². The Bertz CT molecular complexity index is 3840. The largest absolute Gasteiger partial charge is 0.456 e. The number of fused-ring (bicyclic) bond motifs is 10. The van der Waals surface area contributed by atoms with Crippen LogP contribution in [-0.2, 0) is 10.8 Å². The lowest BCUT2D eigenvalue weighted by molar-refractivity contribution is 0.590. The highest BCUT2D eigenvalue weighted by Gasteiger charge is 2.44. The minimum atomic E-state index is -0.0387. The Morgan fingerprint density at radius 2 is 0.897 bits per heavy atom. The van der Waals surface area contributed by atoms with Gasteiger partial charge in [0.2, 0.25) is 0 Å². The zero-order valence-electron chi connectivity index (χ0n) is 39.6. The van der Waals surface area contributed by atoms with Crippen LogP contribution in [0.15, 0.2) is 191 Å². The number of benzene rings is 9. The van der Waals surface area contributed by atoms with Gasteiger partial charge >= 0.3 is 0 Å². The summed E-state index contributed by atoms with van der Waals surface area (Å²) in [6.07, 6.45) is 0. The maximum atomic E-state index is 6.51. The van der Waals surface area contributed by atoms with Crippen LogP contribution < -0.4 is 26.2 Å². The first kappa shape index (κ1) is 40.5. The summed E-state index contributed by atoms with van der Waals surface area (Å²) in [5, 5.41) is 4.56. The molecule has 0 saturated heterocycles. The predicted molar refractivity (Wildman–Crippen MR) is 288 cm³/mol. The highest BCUT2D eigenvalue weighted by atomic mass is 16.3. The lowest BCUT2D eigenvalue weighted by atomic mass is 9.33. The number of hydrogen-bond acceptors (Lipinski definition) is 4. The van der Waals surface area contributed by atoms with Crippen LogP contribution in [0.2, 0.25) is 0 Å². The molecule has 0 fully saturated rings. The molecule has 0 spiro atoms. The molecular formula is C63H51BN2O2. The predicted octanol–water partition coefficient (Wildman–Crippen LogP) is 15.8.